The van der Waals surface area contributed by atoms with Gasteiger partial charge in [-0.2, -0.15) is 0 Å². The SMILES string of the molecule is CNC(=O)c1ccc(N)c(NCCOC)c1. The first-order chi connectivity index (χ1) is 7.69. The van der Waals surface area contributed by atoms with Gasteiger partial charge in [0.05, 0.1) is 18.0 Å². The van der Waals surface area contributed by atoms with Crippen molar-refractivity contribution < 1.29 is 9.53 Å². The molecule has 0 atom stereocenters. The Balaban J connectivity index is 2.78. The second-order valence-corrected chi connectivity index (χ2v) is 3.30. The van der Waals surface area contributed by atoms with E-state index in [4.69, 9.17) is 10.5 Å². The number of amides is 1. The fraction of sp³-hybridized carbons (Fsp3) is 0.364. The van der Waals surface area contributed by atoms with Crippen LogP contribution in [0.3, 0.4) is 0 Å². The quantitative estimate of drug-likeness (QED) is 0.507. The van der Waals surface area contributed by atoms with Gasteiger partial charge in [0.1, 0.15) is 0 Å². The van der Waals surface area contributed by atoms with Gasteiger partial charge in [-0.15, -0.1) is 0 Å². The lowest BCUT2D eigenvalue weighted by Crippen LogP contribution is -2.18. The molecule has 0 bridgehead atoms. The van der Waals surface area contributed by atoms with Gasteiger partial charge in [0.25, 0.3) is 5.91 Å². The van der Waals surface area contributed by atoms with Crippen LogP contribution < -0.4 is 16.4 Å². The Morgan fingerprint density at radius 2 is 2.25 bits per heavy atom. The van der Waals surface area contributed by atoms with Gasteiger partial charge < -0.3 is 21.1 Å². The maximum Gasteiger partial charge on any atom is 0.251 e. The topological polar surface area (TPSA) is 76.4 Å². The van der Waals surface area contributed by atoms with E-state index in [0.29, 0.717) is 24.4 Å². The summed E-state index contributed by atoms with van der Waals surface area (Å²) in [6, 6.07) is 5.12. The molecule has 1 aromatic carbocycles. The van der Waals surface area contributed by atoms with Gasteiger partial charge in [-0.05, 0) is 18.2 Å². The van der Waals surface area contributed by atoms with Crippen molar-refractivity contribution in [2.45, 2.75) is 0 Å². The summed E-state index contributed by atoms with van der Waals surface area (Å²) in [6.07, 6.45) is 0. The molecule has 4 N–H and O–H groups in total. The van der Waals surface area contributed by atoms with Crippen LogP contribution in [-0.2, 0) is 4.74 Å². The van der Waals surface area contributed by atoms with E-state index in [1.165, 1.54) is 0 Å². The standard InChI is InChI=1S/C11H17N3O2/c1-13-11(15)8-3-4-9(12)10(7-8)14-5-6-16-2/h3-4,7,14H,5-6,12H2,1-2H3,(H,13,15). The molecule has 0 saturated carbocycles. The van der Waals surface area contributed by atoms with E-state index in [1.54, 1.807) is 32.4 Å². The summed E-state index contributed by atoms with van der Waals surface area (Å²) in [5.74, 6) is -0.130. The molecule has 0 heterocycles. The van der Waals surface area contributed by atoms with Crippen LogP contribution in [-0.4, -0.2) is 33.2 Å². The van der Waals surface area contributed by atoms with Crippen molar-refractivity contribution in [2.24, 2.45) is 0 Å². The number of methoxy groups -OCH3 is 1. The predicted molar refractivity (Wildman–Crippen MR) is 64.6 cm³/mol. The number of nitrogens with one attached hydrogen (secondary N) is 2. The molecule has 0 spiro atoms. The smallest absolute Gasteiger partial charge is 0.251 e. The van der Waals surface area contributed by atoms with Gasteiger partial charge in [-0.3, -0.25) is 4.79 Å². The molecule has 0 unspecified atom stereocenters. The van der Waals surface area contributed by atoms with Crippen LogP contribution in [0.5, 0.6) is 0 Å². The van der Waals surface area contributed by atoms with E-state index in [0.717, 1.165) is 5.69 Å². The lowest BCUT2D eigenvalue weighted by Gasteiger charge is -2.10. The average Bonchev–Trinajstić information content (AvgIpc) is 2.31. The van der Waals surface area contributed by atoms with E-state index >= 15 is 0 Å². The molecule has 1 rings (SSSR count). The van der Waals surface area contributed by atoms with Crippen LogP contribution in [0.15, 0.2) is 18.2 Å². The number of anilines is 2. The third kappa shape index (κ3) is 3.13. The summed E-state index contributed by atoms with van der Waals surface area (Å²) in [5, 5.41) is 5.67. The highest BCUT2D eigenvalue weighted by molar-refractivity contribution is 5.96. The molecule has 0 radical (unpaired) electrons. The zero-order valence-electron chi connectivity index (χ0n) is 9.54. The van der Waals surface area contributed by atoms with E-state index in [1.807, 2.05) is 0 Å². The van der Waals surface area contributed by atoms with Crippen LogP contribution in [0.2, 0.25) is 0 Å². The zero-order chi connectivity index (χ0) is 12.0. The molecule has 1 aromatic rings. The summed E-state index contributed by atoms with van der Waals surface area (Å²) in [5.41, 5.74) is 7.72. The molecular weight excluding hydrogens is 206 g/mol. The number of nitrogens with two attached hydrogens (primary N) is 1. The van der Waals surface area contributed by atoms with Crippen LogP contribution in [0.1, 0.15) is 10.4 Å². The van der Waals surface area contributed by atoms with Crippen LogP contribution in [0.25, 0.3) is 0 Å². The molecule has 88 valence electrons. The minimum Gasteiger partial charge on any atom is -0.397 e. The maximum absolute atomic E-state index is 11.4. The Labute approximate surface area is 95.0 Å². The third-order valence-electron chi connectivity index (χ3n) is 2.16. The molecular formula is C11H17N3O2. The largest absolute Gasteiger partial charge is 0.397 e. The monoisotopic (exact) mass is 223 g/mol. The number of carbonyl (C=O) groups is 1. The highest BCUT2D eigenvalue weighted by atomic mass is 16.5. The van der Waals surface area contributed by atoms with Crippen molar-refractivity contribution in [3.8, 4) is 0 Å². The second kappa shape index (κ2) is 5.97. The Kier molecular flexibility index (Phi) is 4.60. The maximum atomic E-state index is 11.4. The van der Waals surface area contributed by atoms with Crippen LogP contribution >= 0.6 is 0 Å². The average molecular weight is 223 g/mol. The number of rotatable bonds is 5. The Morgan fingerprint density at radius 1 is 1.50 bits per heavy atom. The molecule has 1 amide bonds. The zero-order valence-corrected chi connectivity index (χ0v) is 9.54. The number of ether oxygens (including phenoxy) is 1. The van der Waals surface area contributed by atoms with Gasteiger partial charge in [0.2, 0.25) is 0 Å². The number of benzene rings is 1. The number of carbonyl (C=O) groups excluding carboxylic acids is 1. The Bertz CT molecular complexity index is 366. The number of hydrogen-bond acceptors (Lipinski definition) is 4. The summed E-state index contributed by atoms with van der Waals surface area (Å²) in [4.78, 5) is 11.4. The summed E-state index contributed by atoms with van der Waals surface area (Å²) < 4.78 is 4.92. The van der Waals surface area contributed by atoms with Gasteiger partial charge in [-0.25, -0.2) is 0 Å². The van der Waals surface area contributed by atoms with Gasteiger partial charge in [0, 0.05) is 26.3 Å². The van der Waals surface area contributed by atoms with Crippen molar-refractivity contribution in [2.75, 3.05) is 38.4 Å². The molecule has 0 aliphatic rings. The van der Waals surface area contributed by atoms with Gasteiger partial charge in [0.15, 0.2) is 0 Å². The second-order valence-electron chi connectivity index (χ2n) is 3.30. The highest BCUT2D eigenvalue weighted by Crippen LogP contribution is 2.19. The highest BCUT2D eigenvalue weighted by Gasteiger charge is 2.06. The first-order valence-electron chi connectivity index (χ1n) is 5.03. The predicted octanol–water partition coefficient (Wildman–Crippen LogP) is 0.687. The minimum atomic E-state index is -0.130. The lowest BCUT2D eigenvalue weighted by atomic mass is 10.1. The molecule has 0 aliphatic carbocycles. The molecule has 0 aromatic heterocycles. The number of hydrogen-bond donors (Lipinski definition) is 3. The summed E-state index contributed by atoms with van der Waals surface area (Å²) in [6.45, 7) is 1.24. The normalized spacial score (nSPS) is 9.88. The van der Waals surface area contributed by atoms with Crippen molar-refractivity contribution >= 4 is 17.3 Å². The minimum absolute atomic E-state index is 0.130. The molecule has 0 aliphatic heterocycles. The summed E-state index contributed by atoms with van der Waals surface area (Å²) in [7, 11) is 3.22. The third-order valence-corrected chi connectivity index (χ3v) is 2.16. The fourth-order valence-electron chi connectivity index (χ4n) is 1.28. The van der Waals surface area contributed by atoms with Crippen LogP contribution in [0.4, 0.5) is 11.4 Å². The first kappa shape index (κ1) is 12.3. The summed E-state index contributed by atoms with van der Waals surface area (Å²) >= 11 is 0. The van der Waals surface area contributed by atoms with E-state index < -0.39 is 0 Å². The molecule has 0 saturated heterocycles. The van der Waals surface area contributed by atoms with Crippen molar-refractivity contribution in [3.63, 3.8) is 0 Å². The van der Waals surface area contributed by atoms with Gasteiger partial charge >= 0.3 is 0 Å². The Morgan fingerprint density at radius 3 is 2.88 bits per heavy atom. The van der Waals surface area contributed by atoms with Crippen LogP contribution in [0, 0.1) is 0 Å². The van der Waals surface area contributed by atoms with Crippen molar-refractivity contribution in [1.29, 1.82) is 0 Å². The van der Waals surface area contributed by atoms with Crippen molar-refractivity contribution in [1.82, 2.24) is 5.32 Å². The van der Waals surface area contributed by atoms with Gasteiger partial charge in [-0.1, -0.05) is 0 Å². The van der Waals surface area contributed by atoms with E-state index in [2.05, 4.69) is 10.6 Å². The van der Waals surface area contributed by atoms with E-state index in [9.17, 15) is 4.79 Å². The fourth-order valence-corrected chi connectivity index (χ4v) is 1.28. The molecule has 16 heavy (non-hydrogen) atoms. The Hall–Kier alpha value is -1.75. The number of nitrogen functional groups attached to an aromatic ring is 1. The molecule has 5 nitrogen and oxygen atoms in total. The first-order valence-corrected chi connectivity index (χ1v) is 5.03. The van der Waals surface area contributed by atoms with Crippen molar-refractivity contribution in [3.05, 3.63) is 23.8 Å². The molecule has 5 heteroatoms. The molecule has 0 fully saturated rings. The van der Waals surface area contributed by atoms with E-state index in [-0.39, 0.29) is 5.91 Å². The lowest BCUT2D eigenvalue weighted by molar-refractivity contribution is 0.0963.